The lowest BCUT2D eigenvalue weighted by molar-refractivity contribution is -0.123. The molecule has 3 heteroatoms. The lowest BCUT2D eigenvalue weighted by Gasteiger charge is -2.15. The summed E-state index contributed by atoms with van der Waals surface area (Å²) < 4.78 is 0. The molecule has 0 spiro atoms. The molecule has 0 aromatic heterocycles. The van der Waals surface area contributed by atoms with Gasteiger partial charge in [-0.25, -0.2) is 0 Å². The molecule has 0 saturated carbocycles. The summed E-state index contributed by atoms with van der Waals surface area (Å²) in [4.78, 5) is 11.4. The predicted molar refractivity (Wildman–Crippen MR) is 102 cm³/mol. The van der Waals surface area contributed by atoms with Crippen LogP contribution in [0.2, 0.25) is 0 Å². The molecule has 0 fully saturated rings. The lowest BCUT2D eigenvalue weighted by atomic mass is 10.00. The maximum atomic E-state index is 11.4. The quantitative estimate of drug-likeness (QED) is 0.564. The first kappa shape index (κ1) is 18.2. The second-order valence-electron chi connectivity index (χ2n) is 6.40. The summed E-state index contributed by atoms with van der Waals surface area (Å²) >= 11 is 0. The third kappa shape index (κ3) is 5.20. The van der Waals surface area contributed by atoms with Crippen LogP contribution in [0.5, 0.6) is 0 Å². The van der Waals surface area contributed by atoms with Crippen LogP contribution in [0.25, 0.3) is 10.8 Å². The van der Waals surface area contributed by atoms with Crippen molar-refractivity contribution in [3.05, 3.63) is 60.2 Å². The molecule has 0 bridgehead atoms. The Balaban J connectivity index is 1.78. The van der Waals surface area contributed by atoms with E-state index in [0.29, 0.717) is 12.6 Å². The molecule has 2 aromatic carbocycles. The van der Waals surface area contributed by atoms with Gasteiger partial charge in [0.1, 0.15) is 0 Å². The number of fused-ring (bicyclic) bond motifs is 1. The monoisotopic (exact) mass is 324 g/mol. The third-order valence-electron chi connectivity index (χ3n) is 4.13. The maximum absolute atomic E-state index is 11.4. The van der Waals surface area contributed by atoms with Crippen LogP contribution < -0.4 is 10.6 Å². The average molecular weight is 324 g/mol. The topological polar surface area (TPSA) is 41.1 Å². The van der Waals surface area contributed by atoms with Gasteiger partial charge in [-0.3, -0.25) is 4.79 Å². The predicted octanol–water partition coefficient (Wildman–Crippen LogP) is 4.21. The number of amides is 1. The van der Waals surface area contributed by atoms with Crippen molar-refractivity contribution in [2.45, 2.75) is 33.2 Å². The molecule has 2 N–H and O–H groups in total. The molecular formula is C21H28N2O. The third-order valence-corrected chi connectivity index (χ3v) is 4.13. The van der Waals surface area contributed by atoms with Gasteiger partial charge in [-0.05, 0) is 29.7 Å². The van der Waals surface area contributed by atoms with Crippen molar-refractivity contribution < 1.29 is 4.79 Å². The van der Waals surface area contributed by atoms with Gasteiger partial charge < -0.3 is 10.6 Å². The average Bonchev–Trinajstić information content (AvgIpc) is 2.59. The Morgan fingerprint density at radius 1 is 1.04 bits per heavy atom. The Kier molecular flexibility index (Phi) is 7.01. The largest absolute Gasteiger partial charge is 0.356 e. The molecule has 0 aliphatic carbocycles. The van der Waals surface area contributed by atoms with Crippen molar-refractivity contribution in [3.8, 4) is 0 Å². The van der Waals surface area contributed by atoms with E-state index in [2.05, 4.69) is 72.2 Å². The van der Waals surface area contributed by atoms with Gasteiger partial charge in [-0.1, -0.05) is 68.5 Å². The standard InChI is InChI=1S/C21H28N2O/c1-16(2)21(24)23-15-8-4-7-14-22-17(3)19-13-9-11-18-10-5-6-12-20(18)19/h4-7,9-13,16-17,22H,8,14-15H2,1-3H3,(H,23,24)/b7-4+/t17-/m1/s1. The molecule has 0 radical (unpaired) electrons. The fourth-order valence-electron chi connectivity index (χ4n) is 2.67. The Morgan fingerprint density at radius 3 is 2.58 bits per heavy atom. The molecule has 2 aromatic rings. The van der Waals surface area contributed by atoms with Crippen LogP contribution in [-0.2, 0) is 4.79 Å². The van der Waals surface area contributed by atoms with Crippen LogP contribution in [0, 0.1) is 5.92 Å². The van der Waals surface area contributed by atoms with E-state index in [9.17, 15) is 4.79 Å². The van der Waals surface area contributed by atoms with Gasteiger partial charge in [-0.15, -0.1) is 0 Å². The first-order valence-corrected chi connectivity index (χ1v) is 8.73. The minimum absolute atomic E-state index is 0.0530. The number of carbonyl (C=O) groups is 1. The van der Waals surface area contributed by atoms with Crippen LogP contribution >= 0.6 is 0 Å². The van der Waals surface area contributed by atoms with E-state index < -0.39 is 0 Å². The molecule has 2 rings (SSSR count). The normalized spacial score (nSPS) is 12.8. The van der Waals surface area contributed by atoms with Crippen molar-refractivity contribution in [2.24, 2.45) is 5.92 Å². The summed E-state index contributed by atoms with van der Waals surface area (Å²) in [5.41, 5.74) is 1.32. The highest BCUT2D eigenvalue weighted by molar-refractivity contribution is 5.86. The zero-order valence-electron chi connectivity index (χ0n) is 14.9. The van der Waals surface area contributed by atoms with E-state index in [0.717, 1.165) is 13.0 Å². The molecule has 1 amide bonds. The highest BCUT2D eigenvalue weighted by Crippen LogP contribution is 2.23. The minimum atomic E-state index is 0.0530. The van der Waals surface area contributed by atoms with E-state index in [1.165, 1.54) is 16.3 Å². The van der Waals surface area contributed by atoms with Gasteiger partial charge in [0.05, 0.1) is 0 Å². The summed E-state index contributed by atoms with van der Waals surface area (Å²) in [7, 11) is 0. The van der Waals surface area contributed by atoms with Gasteiger partial charge in [0.25, 0.3) is 0 Å². The molecule has 3 nitrogen and oxygen atoms in total. The zero-order chi connectivity index (χ0) is 17.4. The molecule has 0 unspecified atom stereocenters. The molecule has 0 saturated heterocycles. The van der Waals surface area contributed by atoms with Crippen LogP contribution in [0.4, 0.5) is 0 Å². The van der Waals surface area contributed by atoms with Crippen molar-refractivity contribution in [1.82, 2.24) is 10.6 Å². The SMILES string of the molecule is CC(C)C(=O)NCC/C=C/CN[C@H](C)c1cccc2ccccc12. The second-order valence-corrected chi connectivity index (χ2v) is 6.40. The molecule has 24 heavy (non-hydrogen) atoms. The molecule has 1 atom stereocenters. The van der Waals surface area contributed by atoms with Gasteiger partial charge in [0.2, 0.25) is 5.91 Å². The highest BCUT2D eigenvalue weighted by Gasteiger charge is 2.07. The van der Waals surface area contributed by atoms with E-state index in [-0.39, 0.29) is 11.8 Å². The van der Waals surface area contributed by atoms with Crippen LogP contribution in [0.1, 0.15) is 38.8 Å². The summed E-state index contributed by atoms with van der Waals surface area (Å²) in [5, 5.41) is 9.04. The number of rotatable bonds is 8. The molecule has 0 heterocycles. The van der Waals surface area contributed by atoms with Gasteiger partial charge in [0, 0.05) is 25.0 Å². The van der Waals surface area contributed by atoms with Crippen molar-refractivity contribution in [1.29, 1.82) is 0 Å². The van der Waals surface area contributed by atoms with Crippen molar-refractivity contribution in [2.75, 3.05) is 13.1 Å². The number of nitrogens with one attached hydrogen (secondary N) is 2. The summed E-state index contributed by atoms with van der Waals surface area (Å²) in [5.74, 6) is 0.170. The first-order chi connectivity index (χ1) is 11.6. The van der Waals surface area contributed by atoms with Crippen LogP contribution in [0.15, 0.2) is 54.6 Å². The van der Waals surface area contributed by atoms with Gasteiger partial charge in [0.15, 0.2) is 0 Å². The molecule has 0 aliphatic heterocycles. The van der Waals surface area contributed by atoms with Crippen molar-refractivity contribution in [3.63, 3.8) is 0 Å². The molecule has 0 aliphatic rings. The number of hydrogen-bond donors (Lipinski definition) is 2. The number of carbonyl (C=O) groups excluding carboxylic acids is 1. The number of hydrogen-bond acceptors (Lipinski definition) is 2. The van der Waals surface area contributed by atoms with E-state index in [1.807, 2.05) is 13.8 Å². The van der Waals surface area contributed by atoms with E-state index in [4.69, 9.17) is 0 Å². The fraction of sp³-hybridized carbons (Fsp3) is 0.381. The molecular weight excluding hydrogens is 296 g/mol. The van der Waals surface area contributed by atoms with Gasteiger partial charge >= 0.3 is 0 Å². The maximum Gasteiger partial charge on any atom is 0.222 e. The lowest BCUT2D eigenvalue weighted by Crippen LogP contribution is -2.28. The Labute approximate surface area is 145 Å². The van der Waals surface area contributed by atoms with E-state index in [1.54, 1.807) is 0 Å². The number of benzene rings is 2. The zero-order valence-corrected chi connectivity index (χ0v) is 14.9. The minimum Gasteiger partial charge on any atom is -0.356 e. The Hall–Kier alpha value is -2.13. The van der Waals surface area contributed by atoms with Gasteiger partial charge in [-0.2, -0.15) is 0 Å². The van der Waals surface area contributed by atoms with Crippen molar-refractivity contribution >= 4 is 16.7 Å². The second kappa shape index (κ2) is 9.24. The highest BCUT2D eigenvalue weighted by atomic mass is 16.1. The fourth-order valence-corrected chi connectivity index (χ4v) is 2.67. The van der Waals surface area contributed by atoms with E-state index >= 15 is 0 Å². The first-order valence-electron chi connectivity index (χ1n) is 8.73. The smallest absolute Gasteiger partial charge is 0.222 e. The van der Waals surface area contributed by atoms with Crippen LogP contribution in [-0.4, -0.2) is 19.0 Å². The summed E-state index contributed by atoms with van der Waals surface area (Å²) in [6, 6.07) is 15.2. The molecule has 128 valence electrons. The summed E-state index contributed by atoms with van der Waals surface area (Å²) in [6.07, 6.45) is 5.11. The van der Waals surface area contributed by atoms with Crippen LogP contribution in [0.3, 0.4) is 0 Å². The Bertz CT molecular complexity index is 686. The Morgan fingerprint density at radius 2 is 1.79 bits per heavy atom. The summed E-state index contributed by atoms with van der Waals surface area (Å²) in [6.45, 7) is 7.53.